The van der Waals surface area contributed by atoms with Gasteiger partial charge in [0.2, 0.25) is 0 Å². The normalized spacial score (nSPS) is 12.5. The van der Waals surface area contributed by atoms with E-state index >= 15 is 0 Å². The van der Waals surface area contributed by atoms with Gasteiger partial charge in [0.15, 0.2) is 6.10 Å². The van der Waals surface area contributed by atoms with Gasteiger partial charge in [-0.3, -0.25) is 15.3 Å². The van der Waals surface area contributed by atoms with Crippen molar-refractivity contribution >= 4 is 17.7 Å². The van der Waals surface area contributed by atoms with Gasteiger partial charge in [0, 0.05) is 11.8 Å². The van der Waals surface area contributed by atoms with Crippen LogP contribution in [0.3, 0.4) is 0 Å². The summed E-state index contributed by atoms with van der Waals surface area (Å²) in [6, 6.07) is 24.3. The molecule has 0 saturated carbocycles. The fraction of sp³-hybridized carbons (Fsp3) is 0.154. The zero-order chi connectivity index (χ0) is 24.2. The number of anilines is 1. The van der Waals surface area contributed by atoms with Crippen LogP contribution in [0.1, 0.15) is 24.5 Å². The number of benzene rings is 3. The van der Waals surface area contributed by atoms with Crippen molar-refractivity contribution in [2.24, 2.45) is 0 Å². The Morgan fingerprint density at radius 2 is 1.56 bits per heavy atom. The second kappa shape index (κ2) is 12.7. The molecule has 3 rings (SSSR count). The van der Waals surface area contributed by atoms with Crippen molar-refractivity contribution in [2.45, 2.75) is 25.0 Å². The number of carbonyl (C=O) groups excluding carboxylic acids is 2. The predicted octanol–water partition coefficient (Wildman–Crippen LogP) is 4.97. The van der Waals surface area contributed by atoms with Crippen molar-refractivity contribution in [3.05, 3.63) is 103 Å². The van der Waals surface area contributed by atoms with Crippen LogP contribution < -0.4 is 15.5 Å². The van der Waals surface area contributed by atoms with E-state index in [4.69, 9.17) is 14.7 Å². The van der Waals surface area contributed by atoms with Gasteiger partial charge in [-0.25, -0.2) is 10.3 Å². The van der Waals surface area contributed by atoms with E-state index in [1.807, 2.05) is 24.3 Å². The third-order valence-electron chi connectivity index (χ3n) is 4.84. The van der Waals surface area contributed by atoms with Gasteiger partial charge in [0.1, 0.15) is 17.6 Å². The molecule has 34 heavy (non-hydrogen) atoms. The zero-order valence-corrected chi connectivity index (χ0v) is 18.3. The number of carbonyl (C=O) groups is 2. The summed E-state index contributed by atoms with van der Waals surface area (Å²) in [7, 11) is 0. The van der Waals surface area contributed by atoms with E-state index in [9.17, 15) is 14.7 Å². The second-order valence-electron chi connectivity index (χ2n) is 7.33. The highest BCUT2D eigenvalue weighted by atomic mass is 16.6. The average Bonchev–Trinajstić information content (AvgIpc) is 2.86. The van der Waals surface area contributed by atoms with Gasteiger partial charge in [0.05, 0.1) is 0 Å². The Kier molecular flexibility index (Phi) is 9.07. The molecule has 0 aromatic heterocycles. The molecule has 2 amide bonds. The predicted molar refractivity (Wildman–Crippen MR) is 127 cm³/mol. The fourth-order valence-electron chi connectivity index (χ4n) is 3.24. The number of para-hydroxylation sites is 2. The van der Waals surface area contributed by atoms with Gasteiger partial charge in [-0.05, 0) is 54.8 Å². The van der Waals surface area contributed by atoms with Gasteiger partial charge in [0.25, 0.3) is 5.91 Å². The third kappa shape index (κ3) is 7.68. The van der Waals surface area contributed by atoms with Crippen molar-refractivity contribution in [3.63, 3.8) is 0 Å². The second-order valence-corrected chi connectivity index (χ2v) is 7.33. The van der Waals surface area contributed by atoms with Crippen molar-refractivity contribution in [1.82, 2.24) is 5.48 Å². The minimum absolute atomic E-state index is 0.0784. The molecule has 0 fully saturated rings. The molecule has 2 atom stereocenters. The van der Waals surface area contributed by atoms with Crippen LogP contribution in [0.2, 0.25) is 0 Å². The van der Waals surface area contributed by atoms with Crippen molar-refractivity contribution in [1.29, 1.82) is 0 Å². The van der Waals surface area contributed by atoms with E-state index in [0.29, 0.717) is 29.8 Å². The molecule has 4 N–H and O–H groups in total. The Balaban J connectivity index is 1.85. The molecule has 176 valence electrons. The number of aromatic hydroxyl groups is 1. The Labute approximate surface area is 197 Å². The highest BCUT2D eigenvalue weighted by Crippen LogP contribution is 2.30. The summed E-state index contributed by atoms with van der Waals surface area (Å²) in [4.78, 5) is 24.0. The Hall–Kier alpha value is -4.30. The number of amides is 2. The fourth-order valence-corrected chi connectivity index (χ4v) is 3.24. The molecule has 0 aliphatic carbocycles. The number of nitrogens with one attached hydrogen (secondary N) is 2. The quantitative estimate of drug-likeness (QED) is 0.192. The molecule has 0 radical (unpaired) electrons. The molecule has 8 nitrogen and oxygen atoms in total. The van der Waals surface area contributed by atoms with Crippen LogP contribution in [-0.2, 0) is 9.53 Å². The summed E-state index contributed by atoms with van der Waals surface area (Å²) >= 11 is 0. The maximum atomic E-state index is 12.7. The molecule has 3 aromatic carbocycles. The highest BCUT2D eigenvalue weighted by molar-refractivity contribution is 5.86. The minimum atomic E-state index is -0.829. The molecule has 0 bridgehead atoms. The lowest BCUT2D eigenvalue weighted by atomic mass is 10.00. The third-order valence-corrected chi connectivity index (χ3v) is 4.84. The monoisotopic (exact) mass is 462 g/mol. The largest absolute Gasteiger partial charge is 0.508 e. The average molecular weight is 463 g/mol. The lowest BCUT2D eigenvalue weighted by molar-refractivity contribution is -0.124. The van der Waals surface area contributed by atoms with Gasteiger partial charge in [-0.1, -0.05) is 54.6 Å². The molecule has 0 unspecified atom stereocenters. The molecule has 3 aromatic rings. The Morgan fingerprint density at radius 1 is 0.912 bits per heavy atom. The molecule has 0 aliphatic rings. The van der Waals surface area contributed by atoms with Gasteiger partial charge >= 0.3 is 6.09 Å². The number of hydrogen-bond acceptors (Lipinski definition) is 6. The first-order chi connectivity index (χ1) is 16.5. The zero-order valence-electron chi connectivity index (χ0n) is 18.3. The maximum absolute atomic E-state index is 12.7. The number of phenolic OH excluding ortho intramolecular Hbond substituents is 1. The van der Waals surface area contributed by atoms with E-state index < -0.39 is 24.2 Å². The summed E-state index contributed by atoms with van der Waals surface area (Å²) in [6.07, 6.45) is 1.46. The van der Waals surface area contributed by atoms with Crippen LogP contribution in [0.5, 0.6) is 11.5 Å². The number of hydrogen-bond donors (Lipinski definition) is 4. The SMILES string of the molecule is O=C(/C=C/CC[C@H](Oc1ccccc1)[C@@H](OC(=O)Nc1ccccc1)c1ccc(O)cc1)NO. The molecule has 0 heterocycles. The van der Waals surface area contributed by atoms with Crippen LogP contribution in [0, 0.1) is 0 Å². The van der Waals surface area contributed by atoms with Crippen LogP contribution >= 0.6 is 0 Å². The Morgan fingerprint density at radius 3 is 2.21 bits per heavy atom. The highest BCUT2D eigenvalue weighted by Gasteiger charge is 2.29. The summed E-state index contributed by atoms with van der Waals surface area (Å²) in [5.41, 5.74) is 2.74. The van der Waals surface area contributed by atoms with Crippen LogP contribution in [0.15, 0.2) is 97.1 Å². The van der Waals surface area contributed by atoms with E-state index in [2.05, 4.69) is 5.32 Å². The first kappa shape index (κ1) is 24.3. The van der Waals surface area contributed by atoms with Crippen LogP contribution in [0.25, 0.3) is 0 Å². The van der Waals surface area contributed by atoms with Gasteiger partial charge < -0.3 is 14.6 Å². The number of phenols is 1. The molecule has 0 aliphatic heterocycles. The number of rotatable bonds is 10. The molecule has 0 saturated heterocycles. The maximum Gasteiger partial charge on any atom is 0.412 e. The molecule has 8 heteroatoms. The van der Waals surface area contributed by atoms with Crippen molar-refractivity contribution in [3.8, 4) is 11.5 Å². The first-order valence-electron chi connectivity index (χ1n) is 10.7. The summed E-state index contributed by atoms with van der Waals surface area (Å²) < 4.78 is 12.0. The molecular formula is C26H26N2O6. The lowest BCUT2D eigenvalue weighted by Gasteiger charge is -2.28. The van der Waals surface area contributed by atoms with Crippen molar-refractivity contribution in [2.75, 3.05) is 5.32 Å². The molecular weight excluding hydrogens is 436 g/mol. The molecule has 0 spiro atoms. The van der Waals surface area contributed by atoms with Crippen molar-refractivity contribution < 1.29 is 29.4 Å². The van der Waals surface area contributed by atoms with E-state index in [0.717, 1.165) is 0 Å². The van der Waals surface area contributed by atoms with Gasteiger partial charge in [-0.2, -0.15) is 0 Å². The topological polar surface area (TPSA) is 117 Å². The standard InChI is InChI=1S/C26H26N2O6/c29-21-17-15-19(16-18-21)25(34-26(31)27-20-9-3-1-4-10-20)23(13-7-8-14-24(30)28-32)33-22-11-5-2-6-12-22/h1-6,8-12,14-18,23,25,29,32H,7,13H2,(H,27,31)(H,28,30)/b14-8+/t23-,25-/m0/s1. The lowest BCUT2D eigenvalue weighted by Crippen LogP contribution is -2.31. The van der Waals surface area contributed by atoms with E-state index in [1.165, 1.54) is 23.7 Å². The van der Waals surface area contributed by atoms with E-state index in [1.54, 1.807) is 54.6 Å². The van der Waals surface area contributed by atoms with Crippen LogP contribution in [0.4, 0.5) is 10.5 Å². The summed E-state index contributed by atoms with van der Waals surface area (Å²) in [5, 5.41) is 21.1. The summed E-state index contributed by atoms with van der Waals surface area (Å²) in [6.45, 7) is 0. The van der Waals surface area contributed by atoms with E-state index in [-0.39, 0.29) is 5.75 Å². The van der Waals surface area contributed by atoms with Crippen LogP contribution in [-0.4, -0.2) is 28.4 Å². The Bertz CT molecular complexity index is 1070. The smallest absolute Gasteiger partial charge is 0.412 e. The number of allylic oxidation sites excluding steroid dienone is 1. The van der Waals surface area contributed by atoms with Gasteiger partial charge in [-0.15, -0.1) is 0 Å². The minimum Gasteiger partial charge on any atom is -0.508 e. The number of hydroxylamine groups is 1. The first-order valence-corrected chi connectivity index (χ1v) is 10.7. The summed E-state index contributed by atoms with van der Waals surface area (Å²) in [5.74, 6) is 0.0178. The number of ether oxygens (including phenoxy) is 2.